The number of amides is 1. The average Bonchev–Trinajstić information content (AvgIpc) is 3.25. The summed E-state index contributed by atoms with van der Waals surface area (Å²) in [5.74, 6) is -1.94. The maximum atomic E-state index is 13.8. The number of carbonyl (C=O) groups excluding carboxylic acids is 1. The first-order chi connectivity index (χ1) is 18.7. The zero-order chi connectivity index (χ0) is 28.4. The van der Waals surface area contributed by atoms with Crippen LogP contribution < -0.4 is 10.6 Å². The van der Waals surface area contributed by atoms with Gasteiger partial charge in [-0.05, 0) is 36.8 Å². The molecule has 3 rings (SSSR count). The number of aliphatic carboxylic acids is 1. The number of nitrogens with zero attached hydrogens (tertiary/aromatic N) is 1. The van der Waals surface area contributed by atoms with Crippen LogP contribution >= 0.6 is 0 Å². The summed E-state index contributed by atoms with van der Waals surface area (Å²) < 4.78 is 6.47. The number of hydrogen-bond acceptors (Lipinski definition) is 6. The number of benzene rings is 2. The molecule has 9 nitrogen and oxygen atoms in total. The van der Waals surface area contributed by atoms with E-state index in [1.165, 1.54) is 0 Å². The molecule has 1 aliphatic rings. The molecule has 39 heavy (non-hydrogen) atoms. The molecule has 212 valence electrons. The van der Waals surface area contributed by atoms with Gasteiger partial charge in [-0.2, -0.15) is 0 Å². The van der Waals surface area contributed by atoms with E-state index in [2.05, 4.69) is 10.6 Å². The number of carboxylic acids is 1. The van der Waals surface area contributed by atoms with Crippen LogP contribution in [0.2, 0.25) is 0 Å². The van der Waals surface area contributed by atoms with Crippen LogP contribution in [-0.2, 0) is 20.9 Å². The molecule has 0 spiro atoms. The summed E-state index contributed by atoms with van der Waals surface area (Å²) in [5, 5.41) is 27.9. The quantitative estimate of drug-likeness (QED) is 0.169. The second-order valence-electron chi connectivity index (χ2n) is 10.6. The molecule has 6 atom stereocenters. The van der Waals surface area contributed by atoms with Crippen molar-refractivity contribution in [2.45, 2.75) is 83.2 Å². The molecule has 0 unspecified atom stereocenters. The van der Waals surface area contributed by atoms with Crippen molar-refractivity contribution >= 4 is 11.9 Å². The normalized spacial score (nSPS) is 24.1. The molecule has 3 N–H and O–H groups in total. The van der Waals surface area contributed by atoms with E-state index in [0.29, 0.717) is 25.8 Å². The average molecular weight is 540 g/mol. The third-order valence-electron chi connectivity index (χ3n) is 7.90. The molecule has 0 aliphatic carbocycles. The number of unbranched alkanes of at least 4 members (excludes halogenated alkanes) is 2. The van der Waals surface area contributed by atoms with Gasteiger partial charge in [0.05, 0.1) is 18.6 Å². The second-order valence-corrected chi connectivity index (χ2v) is 10.6. The Labute approximate surface area is 230 Å². The van der Waals surface area contributed by atoms with Gasteiger partial charge in [-0.25, -0.2) is 0 Å². The third kappa shape index (κ3) is 7.64. The van der Waals surface area contributed by atoms with Gasteiger partial charge in [0.2, 0.25) is 11.9 Å². The number of nitrogens with one attached hydrogen (secondary N) is 2. The maximum absolute atomic E-state index is 13.8. The molecular formula is C30H41N3O6. The highest BCUT2D eigenvalue weighted by molar-refractivity contribution is 5.87. The van der Waals surface area contributed by atoms with Crippen LogP contribution in [0.15, 0.2) is 60.7 Å². The molecule has 1 fully saturated rings. The van der Waals surface area contributed by atoms with Gasteiger partial charge in [0.25, 0.3) is 0 Å². The third-order valence-corrected chi connectivity index (χ3v) is 7.90. The summed E-state index contributed by atoms with van der Waals surface area (Å²) in [6, 6.07) is 17.1. The predicted molar refractivity (Wildman–Crippen MR) is 149 cm³/mol. The van der Waals surface area contributed by atoms with E-state index in [1.54, 1.807) is 6.92 Å². The lowest BCUT2D eigenvalue weighted by Crippen LogP contribution is -2.60. The maximum Gasteiger partial charge on any atom is 0.303 e. The van der Waals surface area contributed by atoms with Gasteiger partial charge in [0, 0.05) is 17.9 Å². The number of ether oxygens (including phenoxy) is 1. The van der Waals surface area contributed by atoms with Gasteiger partial charge in [0.1, 0.15) is 11.6 Å². The van der Waals surface area contributed by atoms with E-state index < -0.39 is 35.6 Å². The van der Waals surface area contributed by atoms with E-state index in [0.717, 1.165) is 17.5 Å². The van der Waals surface area contributed by atoms with Gasteiger partial charge >= 0.3 is 5.97 Å². The summed E-state index contributed by atoms with van der Waals surface area (Å²) in [7, 11) is 0. The first kappa shape index (κ1) is 30.2. The smallest absolute Gasteiger partial charge is 0.303 e. The molecular weight excluding hydrogens is 498 g/mol. The fraction of sp³-hybridized carbons (Fsp3) is 0.533. The molecule has 2 aromatic rings. The number of carboxylic acid groups (broad SMARTS) is 1. The molecule has 9 heteroatoms. The molecule has 0 saturated carbocycles. The monoisotopic (exact) mass is 539 g/mol. The van der Waals surface area contributed by atoms with Crippen molar-refractivity contribution in [3.63, 3.8) is 0 Å². The van der Waals surface area contributed by atoms with Gasteiger partial charge in [-0.3, -0.25) is 25.0 Å². The van der Waals surface area contributed by atoms with E-state index in [-0.39, 0.29) is 29.8 Å². The predicted octanol–water partition coefficient (Wildman–Crippen LogP) is 4.74. The van der Waals surface area contributed by atoms with Crippen molar-refractivity contribution in [3.05, 3.63) is 81.9 Å². The fourth-order valence-electron chi connectivity index (χ4n) is 5.57. The Balaban J connectivity index is 1.92. The van der Waals surface area contributed by atoms with Crippen LogP contribution in [0.3, 0.4) is 0 Å². The molecule has 1 aliphatic heterocycles. The Morgan fingerprint density at radius 2 is 1.74 bits per heavy atom. The minimum atomic E-state index is -1.27. The van der Waals surface area contributed by atoms with Crippen molar-refractivity contribution in [2.24, 2.45) is 11.8 Å². The molecule has 2 aromatic carbocycles. The Hall–Kier alpha value is -3.30. The molecule has 0 radical (unpaired) electrons. The highest BCUT2D eigenvalue weighted by atomic mass is 16.6. The summed E-state index contributed by atoms with van der Waals surface area (Å²) in [6.45, 7) is 6.44. The summed E-state index contributed by atoms with van der Waals surface area (Å²) in [5.41, 5.74) is 0.436. The van der Waals surface area contributed by atoms with Crippen LogP contribution in [0.1, 0.15) is 70.0 Å². The van der Waals surface area contributed by atoms with Crippen molar-refractivity contribution in [1.82, 2.24) is 10.6 Å². The Morgan fingerprint density at radius 3 is 2.33 bits per heavy atom. The van der Waals surface area contributed by atoms with E-state index in [4.69, 9.17) is 9.84 Å². The summed E-state index contributed by atoms with van der Waals surface area (Å²) in [6.07, 6.45) is 2.09. The fourth-order valence-corrected chi connectivity index (χ4v) is 5.57. The SMILES string of the molecule is CC[C@H](C)[C@H](OCc1ccccc1)[C@H]1[C@H]([N+](=O)[O-])[C@H](c2ccccc2)N[C@]1(C)C(=O)NCCCCCC(=O)O. The zero-order valence-electron chi connectivity index (χ0n) is 23.0. The molecule has 0 aromatic heterocycles. The minimum Gasteiger partial charge on any atom is -0.481 e. The Bertz CT molecular complexity index is 1080. The van der Waals surface area contributed by atoms with E-state index in [1.807, 2.05) is 74.5 Å². The van der Waals surface area contributed by atoms with E-state index >= 15 is 0 Å². The standard InChI is InChI=1S/C30H41N3O6/c1-4-21(2)28(39-20-22-14-8-5-9-15-22)25-27(33(37)38)26(23-16-10-6-11-17-23)32-30(25,3)29(36)31-19-13-7-12-18-24(34)35/h5-6,8-11,14-17,21,25-28,32H,4,7,12-13,18-20H2,1-3H3,(H,31,36)(H,34,35)/t21-,25+,26-,27-,28-,30-/m0/s1. The Kier molecular flexibility index (Phi) is 11.0. The highest BCUT2D eigenvalue weighted by Crippen LogP contribution is 2.45. The summed E-state index contributed by atoms with van der Waals surface area (Å²) >= 11 is 0. The molecule has 1 amide bonds. The first-order valence-electron chi connectivity index (χ1n) is 13.8. The van der Waals surface area contributed by atoms with Crippen LogP contribution in [0, 0.1) is 22.0 Å². The van der Waals surface area contributed by atoms with Gasteiger partial charge < -0.3 is 15.2 Å². The van der Waals surface area contributed by atoms with Gasteiger partial charge in [-0.1, -0.05) is 87.4 Å². The zero-order valence-corrected chi connectivity index (χ0v) is 23.0. The number of rotatable bonds is 15. The minimum absolute atomic E-state index is 0.0411. The van der Waals surface area contributed by atoms with Crippen molar-refractivity contribution in [1.29, 1.82) is 0 Å². The number of hydrogen-bond donors (Lipinski definition) is 3. The van der Waals surface area contributed by atoms with Crippen LogP contribution in [0.5, 0.6) is 0 Å². The number of nitro groups is 1. The number of carbonyl (C=O) groups is 2. The molecule has 1 heterocycles. The lowest BCUT2D eigenvalue weighted by Gasteiger charge is -2.37. The topological polar surface area (TPSA) is 131 Å². The second kappa shape index (κ2) is 14.2. The van der Waals surface area contributed by atoms with Crippen LogP contribution in [-0.4, -0.2) is 46.1 Å². The highest BCUT2D eigenvalue weighted by Gasteiger charge is 2.64. The lowest BCUT2D eigenvalue weighted by atomic mass is 9.74. The molecule has 0 bridgehead atoms. The summed E-state index contributed by atoms with van der Waals surface area (Å²) in [4.78, 5) is 37.0. The Morgan fingerprint density at radius 1 is 1.10 bits per heavy atom. The van der Waals surface area contributed by atoms with Gasteiger partial charge in [0.15, 0.2) is 0 Å². The largest absolute Gasteiger partial charge is 0.481 e. The van der Waals surface area contributed by atoms with Crippen LogP contribution in [0.25, 0.3) is 0 Å². The van der Waals surface area contributed by atoms with Crippen LogP contribution in [0.4, 0.5) is 0 Å². The van der Waals surface area contributed by atoms with Crippen molar-refractivity contribution < 1.29 is 24.4 Å². The van der Waals surface area contributed by atoms with Crippen molar-refractivity contribution in [3.8, 4) is 0 Å². The lowest BCUT2D eigenvalue weighted by molar-refractivity contribution is -0.536. The van der Waals surface area contributed by atoms with Gasteiger partial charge in [-0.15, -0.1) is 0 Å². The first-order valence-corrected chi connectivity index (χ1v) is 13.8. The molecule has 1 saturated heterocycles. The van der Waals surface area contributed by atoms with E-state index in [9.17, 15) is 19.7 Å². The van der Waals surface area contributed by atoms with Crippen molar-refractivity contribution in [2.75, 3.05) is 6.54 Å².